The van der Waals surface area contributed by atoms with Crippen LogP contribution in [0.5, 0.6) is 0 Å². The van der Waals surface area contributed by atoms with E-state index in [1.54, 1.807) is 0 Å². The van der Waals surface area contributed by atoms with Crippen molar-refractivity contribution in [3.63, 3.8) is 0 Å². The Morgan fingerprint density at radius 1 is 1.27 bits per heavy atom. The molecule has 0 spiro atoms. The number of sulfonamides is 1. The maximum absolute atomic E-state index is 15.5. The minimum atomic E-state index is -4.54. The zero-order chi connectivity index (χ0) is 30.7. The summed E-state index contributed by atoms with van der Waals surface area (Å²) in [6.07, 6.45) is -4.19. The number of alkyl halides is 4. The molecule has 1 saturated heterocycles. The zero-order valence-electron chi connectivity index (χ0n) is 22.4. The van der Waals surface area contributed by atoms with Crippen molar-refractivity contribution in [1.82, 2.24) is 24.8 Å². The molecule has 1 atom stereocenters. The van der Waals surface area contributed by atoms with Gasteiger partial charge in [0, 0.05) is 24.1 Å². The number of hydrogen-bond acceptors (Lipinski definition) is 9. The molecule has 10 nitrogen and oxygen atoms in total. The van der Waals surface area contributed by atoms with E-state index in [2.05, 4.69) is 19.9 Å². The Morgan fingerprint density at radius 3 is 2.44 bits per heavy atom. The number of likely N-dealkylation sites (tertiary alicyclic amines) is 1. The normalized spacial score (nSPS) is 17.7. The number of nitrogens with zero attached hydrogens (tertiary/aromatic N) is 4. The SMILES string of the molecule is CC(C)NS(=O)(=O)c1ccc(-c2sc(-c3nnc(C(C)(C)O)o3)nc2C(=O)N2CC(F)(F)C[C@@H]2C)c(C(F)F)c1F. The highest BCUT2D eigenvalue weighted by molar-refractivity contribution is 7.89. The van der Waals surface area contributed by atoms with Gasteiger partial charge in [0.1, 0.15) is 16.2 Å². The third-order valence-corrected chi connectivity index (χ3v) is 8.79. The second-order valence-corrected chi connectivity index (χ2v) is 13.1. The molecule has 0 bridgehead atoms. The standard InChI is InChI=1S/C24H26F5N5O5S2/c1-10(2)33-41(37,38)13-7-6-12(14(15(13)25)18(26)27)17-16(21(35)34-9-24(28,29)8-11(34)3)30-20(40-17)19-31-32-22(39-19)23(4,5)36/h6-7,10-11,18,33,36H,8-9H2,1-5H3/t11-/m0/s1. The molecule has 2 aromatic heterocycles. The van der Waals surface area contributed by atoms with Crippen molar-refractivity contribution >= 4 is 27.3 Å². The summed E-state index contributed by atoms with van der Waals surface area (Å²) in [5.41, 5.74) is -4.05. The van der Waals surface area contributed by atoms with E-state index in [9.17, 15) is 35.9 Å². The number of benzene rings is 1. The fraction of sp³-hybridized carbons (Fsp3) is 0.500. The van der Waals surface area contributed by atoms with Gasteiger partial charge in [0.15, 0.2) is 10.8 Å². The second kappa shape index (κ2) is 10.7. The molecule has 224 valence electrons. The molecule has 0 aliphatic carbocycles. The first-order chi connectivity index (χ1) is 18.8. The van der Waals surface area contributed by atoms with Gasteiger partial charge < -0.3 is 14.4 Å². The van der Waals surface area contributed by atoms with E-state index in [1.807, 2.05) is 0 Å². The quantitative estimate of drug-likeness (QED) is 0.344. The monoisotopic (exact) mass is 623 g/mol. The number of aliphatic hydroxyl groups is 1. The first-order valence-corrected chi connectivity index (χ1v) is 14.5. The average Bonchev–Trinajstić information content (AvgIpc) is 3.53. The average molecular weight is 624 g/mol. The highest BCUT2D eigenvalue weighted by atomic mass is 32.2. The van der Waals surface area contributed by atoms with E-state index < -0.39 is 86.5 Å². The van der Waals surface area contributed by atoms with Gasteiger partial charge in [0.2, 0.25) is 15.9 Å². The van der Waals surface area contributed by atoms with Crippen molar-refractivity contribution in [1.29, 1.82) is 0 Å². The van der Waals surface area contributed by atoms with Crippen LogP contribution in [-0.4, -0.2) is 64.1 Å². The fourth-order valence-corrected chi connectivity index (χ4v) is 6.64. The van der Waals surface area contributed by atoms with Gasteiger partial charge in [-0.15, -0.1) is 21.5 Å². The van der Waals surface area contributed by atoms with Crippen LogP contribution in [0.2, 0.25) is 0 Å². The largest absolute Gasteiger partial charge is 0.415 e. The highest BCUT2D eigenvalue weighted by Crippen LogP contribution is 2.43. The number of rotatable bonds is 8. The van der Waals surface area contributed by atoms with Gasteiger partial charge >= 0.3 is 0 Å². The number of aromatic nitrogens is 3. The van der Waals surface area contributed by atoms with E-state index in [-0.39, 0.29) is 21.7 Å². The summed E-state index contributed by atoms with van der Waals surface area (Å²) in [4.78, 5) is 17.1. The molecule has 1 aliphatic rings. The van der Waals surface area contributed by atoms with Crippen molar-refractivity contribution in [3.8, 4) is 21.3 Å². The lowest BCUT2D eigenvalue weighted by molar-refractivity contribution is 0.0118. The number of thiazole rings is 1. The summed E-state index contributed by atoms with van der Waals surface area (Å²) in [5.74, 6) is -6.57. The minimum Gasteiger partial charge on any atom is -0.415 e. The van der Waals surface area contributed by atoms with Gasteiger partial charge in [-0.05, 0) is 40.7 Å². The van der Waals surface area contributed by atoms with Gasteiger partial charge in [-0.1, -0.05) is 6.07 Å². The molecule has 3 heterocycles. The van der Waals surface area contributed by atoms with Crippen LogP contribution in [0.3, 0.4) is 0 Å². The summed E-state index contributed by atoms with van der Waals surface area (Å²) in [6, 6.07) is 0.0412. The molecule has 0 unspecified atom stereocenters. The molecule has 2 N–H and O–H groups in total. The molecule has 1 fully saturated rings. The zero-order valence-corrected chi connectivity index (χ0v) is 24.0. The smallest absolute Gasteiger partial charge is 0.276 e. The first-order valence-electron chi connectivity index (χ1n) is 12.2. The topological polar surface area (TPSA) is 139 Å². The fourth-order valence-electron chi connectivity index (χ4n) is 4.28. The van der Waals surface area contributed by atoms with Gasteiger partial charge in [0.05, 0.1) is 17.0 Å². The number of amides is 1. The number of hydrogen-bond donors (Lipinski definition) is 2. The van der Waals surface area contributed by atoms with Gasteiger partial charge in [0.25, 0.3) is 24.1 Å². The van der Waals surface area contributed by atoms with Crippen molar-refractivity contribution in [2.75, 3.05) is 6.54 Å². The second-order valence-electron chi connectivity index (χ2n) is 10.4. The van der Waals surface area contributed by atoms with Gasteiger partial charge in [-0.25, -0.2) is 40.1 Å². The molecule has 1 amide bonds. The Hall–Kier alpha value is -3.02. The van der Waals surface area contributed by atoms with Crippen LogP contribution in [-0.2, 0) is 15.6 Å². The Morgan fingerprint density at radius 2 is 1.93 bits per heavy atom. The summed E-state index contributed by atoms with van der Waals surface area (Å²) in [5, 5.41) is 17.4. The van der Waals surface area contributed by atoms with E-state index >= 15 is 4.39 Å². The third kappa shape index (κ3) is 6.12. The lowest BCUT2D eigenvalue weighted by Gasteiger charge is -2.21. The Bertz CT molecular complexity index is 1580. The van der Waals surface area contributed by atoms with Gasteiger partial charge in [-0.2, -0.15) is 0 Å². The minimum absolute atomic E-state index is 0.205. The number of halogens is 5. The van der Waals surface area contributed by atoms with Crippen LogP contribution < -0.4 is 4.72 Å². The molecular weight excluding hydrogens is 597 g/mol. The van der Waals surface area contributed by atoms with Crippen LogP contribution in [0.25, 0.3) is 21.3 Å². The van der Waals surface area contributed by atoms with Crippen molar-refractivity contribution in [2.45, 2.75) is 76.0 Å². The van der Waals surface area contributed by atoms with Crippen molar-refractivity contribution in [2.24, 2.45) is 0 Å². The van der Waals surface area contributed by atoms with E-state index in [4.69, 9.17) is 4.42 Å². The van der Waals surface area contributed by atoms with Crippen LogP contribution >= 0.6 is 11.3 Å². The van der Waals surface area contributed by atoms with Gasteiger partial charge in [-0.3, -0.25) is 4.79 Å². The summed E-state index contributed by atoms with van der Waals surface area (Å²) < 4.78 is 105. The van der Waals surface area contributed by atoms with Crippen LogP contribution in [0, 0.1) is 5.82 Å². The summed E-state index contributed by atoms with van der Waals surface area (Å²) >= 11 is 0.553. The van der Waals surface area contributed by atoms with E-state index in [1.165, 1.54) is 34.6 Å². The van der Waals surface area contributed by atoms with Crippen LogP contribution in [0.1, 0.15) is 69.4 Å². The number of carbonyl (C=O) groups is 1. The predicted molar refractivity (Wildman–Crippen MR) is 137 cm³/mol. The van der Waals surface area contributed by atoms with E-state index in [0.29, 0.717) is 11.3 Å². The first kappa shape index (κ1) is 30.9. The molecule has 0 radical (unpaired) electrons. The Balaban J connectivity index is 1.93. The molecule has 4 rings (SSSR count). The molecule has 1 aliphatic heterocycles. The third-order valence-electron chi connectivity index (χ3n) is 6.04. The predicted octanol–water partition coefficient (Wildman–Crippen LogP) is 4.72. The van der Waals surface area contributed by atoms with Crippen LogP contribution in [0.15, 0.2) is 21.4 Å². The molecule has 41 heavy (non-hydrogen) atoms. The lowest BCUT2D eigenvalue weighted by atomic mass is 10.0. The Labute approximate surface area is 235 Å². The maximum Gasteiger partial charge on any atom is 0.276 e. The van der Waals surface area contributed by atoms with E-state index in [0.717, 1.165) is 17.0 Å². The molecule has 1 aromatic carbocycles. The van der Waals surface area contributed by atoms with Crippen molar-refractivity contribution < 1.29 is 44.7 Å². The summed E-state index contributed by atoms with van der Waals surface area (Å²) in [7, 11) is -4.54. The number of carbonyl (C=O) groups excluding carboxylic acids is 1. The van der Waals surface area contributed by atoms with Crippen LogP contribution in [0.4, 0.5) is 22.0 Å². The molecule has 3 aromatic rings. The molecule has 17 heteroatoms. The number of nitrogens with one attached hydrogen (secondary N) is 1. The molecule has 0 saturated carbocycles. The Kier molecular flexibility index (Phi) is 8.05. The lowest BCUT2D eigenvalue weighted by Crippen LogP contribution is -2.35. The molecular formula is C24H26F5N5O5S2. The summed E-state index contributed by atoms with van der Waals surface area (Å²) in [6.45, 7) is 6.03. The maximum atomic E-state index is 15.5. The van der Waals surface area contributed by atoms with Crippen molar-refractivity contribution in [3.05, 3.63) is 35.1 Å². The highest BCUT2D eigenvalue weighted by Gasteiger charge is 2.46.